The highest BCUT2D eigenvalue weighted by atomic mass is 14.9. The molecule has 0 aromatic carbocycles. The molecule has 2 atom stereocenters. The van der Waals surface area contributed by atoms with Crippen molar-refractivity contribution < 1.29 is 0 Å². The van der Waals surface area contributed by atoms with E-state index < -0.39 is 0 Å². The van der Waals surface area contributed by atoms with Crippen LogP contribution in [-0.4, -0.2) is 13.1 Å². The van der Waals surface area contributed by atoms with Crippen molar-refractivity contribution in [2.45, 2.75) is 66.3 Å². The Morgan fingerprint density at radius 1 is 0.933 bits per heavy atom. The van der Waals surface area contributed by atoms with Crippen molar-refractivity contribution in [1.29, 1.82) is 0 Å². The predicted octanol–water partition coefficient (Wildman–Crippen LogP) is 3.84. The third kappa shape index (κ3) is 2.55. The standard InChI is InChI=1S/C14H29N/c1-13(2,3)14(4,5)11-9-7-8-10-12(11)15-6/h11-12,15H,7-10H2,1-6H3. The van der Waals surface area contributed by atoms with Crippen molar-refractivity contribution in [3.05, 3.63) is 0 Å². The van der Waals surface area contributed by atoms with Crippen molar-refractivity contribution >= 4 is 0 Å². The summed E-state index contributed by atoms with van der Waals surface area (Å²) >= 11 is 0. The SMILES string of the molecule is CNC1CCCCC1C(C)(C)C(C)(C)C. The van der Waals surface area contributed by atoms with E-state index in [1.807, 2.05) is 0 Å². The molecule has 0 spiro atoms. The molecule has 0 aromatic heterocycles. The first-order valence-electron chi connectivity index (χ1n) is 6.48. The highest BCUT2D eigenvalue weighted by molar-refractivity contribution is 4.95. The fraction of sp³-hybridized carbons (Fsp3) is 1.00. The van der Waals surface area contributed by atoms with Gasteiger partial charge in [0.1, 0.15) is 0 Å². The molecule has 1 heteroatoms. The minimum Gasteiger partial charge on any atom is -0.317 e. The Morgan fingerprint density at radius 3 is 1.93 bits per heavy atom. The van der Waals surface area contributed by atoms with Crippen LogP contribution in [0.1, 0.15) is 60.3 Å². The van der Waals surface area contributed by atoms with E-state index in [0.717, 1.165) is 12.0 Å². The van der Waals surface area contributed by atoms with Gasteiger partial charge in [-0.25, -0.2) is 0 Å². The largest absolute Gasteiger partial charge is 0.317 e. The van der Waals surface area contributed by atoms with Gasteiger partial charge in [-0.3, -0.25) is 0 Å². The molecule has 0 amide bonds. The van der Waals surface area contributed by atoms with E-state index in [9.17, 15) is 0 Å². The zero-order valence-electron chi connectivity index (χ0n) is 11.5. The second kappa shape index (κ2) is 4.45. The van der Waals surface area contributed by atoms with Crippen molar-refractivity contribution in [2.75, 3.05) is 7.05 Å². The third-order valence-corrected chi connectivity index (χ3v) is 5.00. The molecule has 0 aromatic rings. The Hall–Kier alpha value is -0.0400. The average Bonchev–Trinajstić information content (AvgIpc) is 2.16. The molecule has 1 N–H and O–H groups in total. The van der Waals surface area contributed by atoms with E-state index in [2.05, 4.69) is 47.0 Å². The average molecular weight is 211 g/mol. The lowest BCUT2D eigenvalue weighted by atomic mass is 9.57. The van der Waals surface area contributed by atoms with Crippen LogP contribution < -0.4 is 5.32 Å². The Bertz CT molecular complexity index is 200. The molecule has 0 saturated heterocycles. The zero-order valence-corrected chi connectivity index (χ0v) is 11.5. The molecular weight excluding hydrogens is 182 g/mol. The lowest BCUT2D eigenvalue weighted by Gasteiger charge is -2.50. The van der Waals surface area contributed by atoms with Gasteiger partial charge in [0.15, 0.2) is 0 Å². The molecule has 2 unspecified atom stereocenters. The van der Waals surface area contributed by atoms with E-state index in [4.69, 9.17) is 0 Å². The van der Waals surface area contributed by atoms with Gasteiger partial charge in [-0.15, -0.1) is 0 Å². The van der Waals surface area contributed by atoms with Crippen LogP contribution in [0.4, 0.5) is 0 Å². The molecule has 0 radical (unpaired) electrons. The molecule has 0 bridgehead atoms. The van der Waals surface area contributed by atoms with E-state index in [-0.39, 0.29) is 0 Å². The highest BCUT2D eigenvalue weighted by Crippen LogP contribution is 2.49. The predicted molar refractivity (Wildman–Crippen MR) is 68.0 cm³/mol. The van der Waals surface area contributed by atoms with Crippen LogP contribution in [0.25, 0.3) is 0 Å². The van der Waals surface area contributed by atoms with Crippen LogP contribution in [0.3, 0.4) is 0 Å². The van der Waals surface area contributed by atoms with E-state index >= 15 is 0 Å². The van der Waals surface area contributed by atoms with Crippen LogP contribution in [0.5, 0.6) is 0 Å². The van der Waals surface area contributed by atoms with E-state index in [1.165, 1.54) is 25.7 Å². The lowest BCUT2D eigenvalue weighted by molar-refractivity contribution is 0.0139. The van der Waals surface area contributed by atoms with Crippen molar-refractivity contribution in [2.24, 2.45) is 16.7 Å². The van der Waals surface area contributed by atoms with Crippen LogP contribution >= 0.6 is 0 Å². The molecule has 0 heterocycles. The number of nitrogens with one attached hydrogen (secondary N) is 1. The Labute approximate surface area is 96.0 Å². The number of hydrogen-bond acceptors (Lipinski definition) is 1. The monoisotopic (exact) mass is 211 g/mol. The van der Waals surface area contributed by atoms with Crippen LogP contribution in [0.15, 0.2) is 0 Å². The summed E-state index contributed by atoms with van der Waals surface area (Å²) in [4.78, 5) is 0. The molecule has 1 rings (SSSR count). The molecule has 1 aliphatic carbocycles. The summed E-state index contributed by atoms with van der Waals surface area (Å²) in [5.41, 5.74) is 0.811. The maximum atomic E-state index is 3.53. The van der Waals surface area contributed by atoms with Crippen molar-refractivity contribution in [3.8, 4) is 0 Å². The summed E-state index contributed by atoms with van der Waals surface area (Å²) in [6.07, 6.45) is 5.58. The van der Waals surface area contributed by atoms with Gasteiger partial charge in [0.05, 0.1) is 0 Å². The van der Waals surface area contributed by atoms with Gasteiger partial charge in [-0.1, -0.05) is 47.5 Å². The van der Waals surface area contributed by atoms with Crippen molar-refractivity contribution in [3.63, 3.8) is 0 Å². The van der Waals surface area contributed by atoms with E-state index in [1.54, 1.807) is 0 Å². The fourth-order valence-electron chi connectivity index (χ4n) is 2.90. The molecule has 0 aliphatic heterocycles. The smallest absolute Gasteiger partial charge is 0.00976 e. The summed E-state index contributed by atoms with van der Waals surface area (Å²) < 4.78 is 0. The molecule has 1 nitrogen and oxygen atoms in total. The summed E-state index contributed by atoms with van der Waals surface area (Å²) in [5, 5.41) is 3.53. The third-order valence-electron chi connectivity index (χ3n) is 5.00. The number of rotatable bonds is 2. The summed E-state index contributed by atoms with van der Waals surface area (Å²) in [6.45, 7) is 12.1. The second-order valence-electron chi connectivity index (χ2n) is 6.76. The van der Waals surface area contributed by atoms with Gasteiger partial charge in [-0.2, -0.15) is 0 Å². The molecule has 1 aliphatic rings. The van der Waals surface area contributed by atoms with Crippen LogP contribution in [-0.2, 0) is 0 Å². The first kappa shape index (κ1) is 13.0. The topological polar surface area (TPSA) is 12.0 Å². The highest BCUT2D eigenvalue weighted by Gasteiger charge is 2.43. The van der Waals surface area contributed by atoms with Crippen LogP contribution in [0, 0.1) is 16.7 Å². The fourth-order valence-corrected chi connectivity index (χ4v) is 2.90. The van der Waals surface area contributed by atoms with Gasteiger partial charge in [0, 0.05) is 6.04 Å². The minimum absolute atomic E-state index is 0.393. The first-order valence-corrected chi connectivity index (χ1v) is 6.48. The van der Waals surface area contributed by atoms with Gasteiger partial charge in [0.2, 0.25) is 0 Å². The Kier molecular flexibility index (Phi) is 3.86. The van der Waals surface area contributed by atoms with Gasteiger partial charge in [0.25, 0.3) is 0 Å². The van der Waals surface area contributed by atoms with Gasteiger partial charge < -0.3 is 5.32 Å². The normalized spacial score (nSPS) is 29.2. The maximum Gasteiger partial charge on any atom is 0.00976 e. The quantitative estimate of drug-likeness (QED) is 0.732. The zero-order chi connectivity index (χ0) is 11.7. The number of hydrogen-bond donors (Lipinski definition) is 1. The summed E-state index contributed by atoms with van der Waals surface area (Å²) in [5.74, 6) is 0.830. The van der Waals surface area contributed by atoms with E-state index in [0.29, 0.717) is 10.8 Å². The Morgan fingerprint density at radius 2 is 1.47 bits per heavy atom. The molecule has 15 heavy (non-hydrogen) atoms. The van der Waals surface area contributed by atoms with Crippen LogP contribution in [0.2, 0.25) is 0 Å². The molecule has 1 fully saturated rings. The molecular formula is C14H29N. The molecule has 1 saturated carbocycles. The summed E-state index contributed by atoms with van der Waals surface area (Å²) in [7, 11) is 2.13. The summed E-state index contributed by atoms with van der Waals surface area (Å²) in [6, 6.07) is 0.730. The molecule has 90 valence electrons. The van der Waals surface area contributed by atoms with Gasteiger partial charge in [-0.05, 0) is 36.6 Å². The Balaban J connectivity index is 2.83. The first-order chi connectivity index (χ1) is 6.80. The van der Waals surface area contributed by atoms with Crippen molar-refractivity contribution in [1.82, 2.24) is 5.32 Å². The van der Waals surface area contributed by atoms with Gasteiger partial charge >= 0.3 is 0 Å². The second-order valence-corrected chi connectivity index (χ2v) is 6.76. The lowest BCUT2D eigenvalue weighted by Crippen LogP contribution is -2.48. The minimum atomic E-state index is 0.393. The maximum absolute atomic E-state index is 3.53.